The number of rotatable bonds is 5. The van der Waals surface area contributed by atoms with Crippen molar-refractivity contribution >= 4 is 5.78 Å². The minimum atomic E-state index is -1.31. The van der Waals surface area contributed by atoms with E-state index in [2.05, 4.69) is 20.8 Å². The monoisotopic (exact) mass is 338 g/mol. The van der Waals surface area contributed by atoms with Crippen LogP contribution in [0.4, 0.5) is 0 Å². The van der Waals surface area contributed by atoms with Gasteiger partial charge in [-0.2, -0.15) is 0 Å². The number of hydrogen-bond donors (Lipinski definition) is 3. The van der Waals surface area contributed by atoms with E-state index in [1.807, 2.05) is 6.92 Å². The Bertz CT molecular complexity index is 520. The molecule has 4 nitrogen and oxygen atoms in total. The number of hydrogen-bond acceptors (Lipinski definition) is 4. The normalized spacial score (nSPS) is 36.5. The predicted molar refractivity (Wildman–Crippen MR) is 94.4 cm³/mol. The van der Waals surface area contributed by atoms with Crippen molar-refractivity contribution in [2.75, 3.05) is 6.61 Å². The van der Waals surface area contributed by atoms with Crippen molar-refractivity contribution in [3.63, 3.8) is 0 Å². The summed E-state index contributed by atoms with van der Waals surface area (Å²) in [5.41, 5.74) is -0.331. The Morgan fingerprint density at radius 3 is 2.54 bits per heavy atom. The number of ketones is 1. The van der Waals surface area contributed by atoms with Crippen LogP contribution in [0.2, 0.25) is 0 Å². The highest BCUT2D eigenvalue weighted by atomic mass is 16.4. The molecule has 3 N–H and O–H groups in total. The van der Waals surface area contributed by atoms with E-state index < -0.39 is 18.3 Å². The summed E-state index contributed by atoms with van der Waals surface area (Å²) in [5, 5.41) is 29.4. The molecule has 0 aromatic carbocycles. The third kappa shape index (κ3) is 3.33. The van der Waals surface area contributed by atoms with E-state index in [1.165, 1.54) is 0 Å². The van der Waals surface area contributed by atoms with Gasteiger partial charge in [0, 0.05) is 5.92 Å². The average molecular weight is 338 g/mol. The maximum Gasteiger partial charge on any atom is 0.159 e. The molecule has 0 aromatic heterocycles. The zero-order chi connectivity index (χ0) is 18.3. The van der Waals surface area contributed by atoms with E-state index in [0.717, 1.165) is 24.8 Å². The van der Waals surface area contributed by atoms with Crippen molar-refractivity contribution < 1.29 is 20.1 Å². The lowest BCUT2D eigenvalue weighted by atomic mass is 9.47. The van der Waals surface area contributed by atoms with Gasteiger partial charge in [-0.1, -0.05) is 32.8 Å². The second kappa shape index (κ2) is 6.54. The van der Waals surface area contributed by atoms with Crippen LogP contribution >= 0.6 is 0 Å². The number of carbonyl (C=O) groups is 1. The van der Waals surface area contributed by atoms with Crippen molar-refractivity contribution in [3.8, 4) is 0 Å². The molecule has 0 amide bonds. The standard InChI is InChI=1S/C20H34O4/c1-13-11-15(22)17-18(2,3)8-6-9-19(17,4)14(13)7-10-20(5,24)16(23)12-21/h11,14,16-17,21,23-24H,6-10,12H2,1-5H3/t14-,16+,17-,19-,20-/m1/s1. The van der Waals surface area contributed by atoms with E-state index in [1.54, 1.807) is 13.0 Å². The molecule has 2 aliphatic carbocycles. The fourth-order valence-corrected chi connectivity index (χ4v) is 5.48. The molecular formula is C20H34O4. The van der Waals surface area contributed by atoms with Gasteiger partial charge in [-0.25, -0.2) is 0 Å². The van der Waals surface area contributed by atoms with E-state index >= 15 is 0 Å². The highest BCUT2D eigenvalue weighted by Crippen LogP contribution is 2.59. The maximum absolute atomic E-state index is 12.8. The van der Waals surface area contributed by atoms with Crippen LogP contribution < -0.4 is 0 Å². The lowest BCUT2D eigenvalue weighted by molar-refractivity contribution is -0.137. The van der Waals surface area contributed by atoms with Crippen molar-refractivity contribution in [2.45, 2.75) is 78.4 Å². The molecule has 1 saturated carbocycles. The topological polar surface area (TPSA) is 77.8 Å². The summed E-state index contributed by atoms with van der Waals surface area (Å²) in [7, 11) is 0. The molecule has 0 spiro atoms. The summed E-state index contributed by atoms with van der Waals surface area (Å²) in [5.74, 6) is 0.482. The van der Waals surface area contributed by atoms with Crippen LogP contribution in [0.15, 0.2) is 11.6 Å². The summed E-state index contributed by atoms with van der Waals surface area (Å²) < 4.78 is 0. The van der Waals surface area contributed by atoms with Crippen molar-refractivity contribution in [1.82, 2.24) is 0 Å². The van der Waals surface area contributed by atoms with Gasteiger partial charge in [0.2, 0.25) is 0 Å². The quantitative estimate of drug-likeness (QED) is 0.720. The maximum atomic E-state index is 12.8. The molecule has 5 atom stereocenters. The van der Waals surface area contributed by atoms with Gasteiger partial charge in [-0.05, 0) is 62.4 Å². The Morgan fingerprint density at radius 1 is 1.33 bits per heavy atom. The van der Waals surface area contributed by atoms with Crippen LogP contribution in [0.5, 0.6) is 0 Å². The van der Waals surface area contributed by atoms with E-state index in [-0.39, 0.29) is 28.4 Å². The molecule has 1 fully saturated rings. The van der Waals surface area contributed by atoms with Crippen molar-refractivity contribution in [2.24, 2.45) is 22.7 Å². The van der Waals surface area contributed by atoms with Gasteiger partial charge in [0.25, 0.3) is 0 Å². The number of aliphatic hydroxyl groups excluding tert-OH is 2. The Hall–Kier alpha value is -0.710. The lowest BCUT2D eigenvalue weighted by Crippen LogP contribution is -2.53. The summed E-state index contributed by atoms with van der Waals surface area (Å²) >= 11 is 0. The van der Waals surface area contributed by atoms with E-state index in [0.29, 0.717) is 12.8 Å². The minimum Gasteiger partial charge on any atom is -0.394 e. The second-order valence-electron chi connectivity index (χ2n) is 9.22. The minimum absolute atomic E-state index is 0.00728. The molecule has 0 saturated heterocycles. The largest absolute Gasteiger partial charge is 0.394 e. The SMILES string of the molecule is CC1=CC(=O)[C@@H]2C(C)(C)CCC[C@]2(C)[C@@H]1CC[C@@](C)(O)[C@@H](O)CO. The van der Waals surface area contributed by atoms with Gasteiger partial charge in [0.05, 0.1) is 12.2 Å². The second-order valence-corrected chi connectivity index (χ2v) is 9.22. The molecule has 0 unspecified atom stereocenters. The van der Waals surface area contributed by atoms with Crippen LogP contribution in [-0.2, 0) is 4.79 Å². The van der Waals surface area contributed by atoms with Gasteiger partial charge in [0.15, 0.2) is 5.78 Å². The van der Waals surface area contributed by atoms with Crippen molar-refractivity contribution in [1.29, 1.82) is 0 Å². The van der Waals surface area contributed by atoms with Gasteiger partial charge < -0.3 is 15.3 Å². The smallest absolute Gasteiger partial charge is 0.159 e. The fourth-order valence-electron chi connectivity index (χ4n) is 5.48. The molecule has 0 radical (unpaired) electrons. The Morgan fingerprint density at radius 2 is 1.96 bits per heavy atom. The Kier molecular flexibility index (Phi) is 5.35. The number of carbonyl (C=O) groups excluding carboxylic acids is 1. The van der Waals surface area contributed by atoms with E-state index in [4.69, 9.17) is 5.11 Å². The highest BCUT2D eigenvalue weighted by molar-refractivity contribution is 5.94. The molecule has 0 aromatic rings. The highest BCUT2D eigenvalue weighted by Gasteiger charge is 2.55. The molecule has 24 heavy (non-hydrogen) atoms. The van der Waals surface area contributed by atoms with E-state index in [9.17, 15) is 15.0 Å². The number of aliphatic hydroxyl groups is 3. The summed E-state index contributed by atoms with van der Waals surface area (Å²) in [6.07, 6.45) is 4.99. The summed E-state index contributed by atoms with van der Waals surface area (Å²) in [6, 6.07) is 0. The van der Waals surface area contributed by atoms with Crippen LogP contribution in [0, 0.1) is 22.7 Å². The van der Waals surface area contributed by atoms with Crippen LogP contribution in [0.3, 0.4) is 0 Å². The molecule has 2 aliphatic rings. The predicted octanol–water partition coefficient (Wildman–Crippen LogP) is 2.85. The summed E-state index contributed by atoms with van der Waals surface area (Å²) in [4.78, 5) is 12.8. The average Bonchev–Trinajstić information content (AvgIpc) is 2.43. The Labute approximate surface area is 146 Å². The molecule has 0 bridgehead atoms. The lowest BCUT2D eigenvalue weighted by Gasteiger charge is -2.56. The van der Waals surface area contributed by atoms with Gasteiger partial charge >= 0.3 is 0 Å². The third-order valence-electron chi connectivity index (χ3n) is 6.81. The zero-order valence-electron chi connectivity index (χ0n) is 15.8. The molecule has 4 heteroatoms. The van der Waals surface area contributed by atoms with Gasteiger partial charge in [-0.3, -0.25) is 4.79 Å². The zero-order valence-corrected chi connectivity index (χ0v) is 15.8. The fraction of sp³-hybridized carbons (Fsp3) is 0.850. The van der Waals surface area contributed by atoms with Crippen LogP contribution in [0.1, 0.15) is 66.7 Å². The number of fused-ring (bicyclic) bond motifs is 1. The van der Waals surface area contributed by atoms with Gasteiger partial charge in [0.1, 0.15) is 6.10 Å². The first-order valence-electron chi connectivity index (χ1n) is 9.19. The first-order chi connectivity index (χ1) is 11.0. The van der Waals surface area contributed by atoms with Crippen LogP contribution in [-0.4, -0.2) is 39.4 Å². The molecule has 2 rings (SSSR count). The third-order valence-corrected chi connectivity index (χ3v) is 6.81. The van der Waals surface area contributed by atoms with Gasteiger partial charge in [-0.15, -0.1) is 0 Å². The first-order valence-corrected chi connectivity index (χ1v) is 9.19. The van der Waals surface area contributed by atoms with Crippen LogP contribution in [0.25, 0.3) is 0 Å². The number of allylic oxidation sites excluding steroid dienone is 2. The molecule has 0 heterocycles. The molecular weight excluding hydrogens is 304 g/mol. The molecule has 138 valence electrons. The summed E-state index contributed by atoms with van der Waals surface area (Å²) in [6.45, 7) is 9.77. The van der Waals surface area contributed by atoms with Crippen molar-refractivity contribution in [3.05, 3.63) is 11.6 Å². The Balaban J connectivity index is 2.28. The molecule has 0 aliphatic heterocycles. The first kappa shape index (κ1) is 19.6.